The van der Waals surface area contributed by atoms with Crippen molar-refractivity contribution in [3.63, 3.8) is 0 Å². The van der Waals surface area contributed by atoms with Crippen LogP contribution in [0.15, 0.2) is 47.0 Å². The molecular weight excluding hydrogens is 354 g/mol. The van der Waals surface area contributed by atoms with Gasteiger partial charge in [-0.3, -0.25) is 4.90 Å². The SMILES string of the molecule is Cc1ccc(-c2noc(CN3CCC[C@H]3c3ccc4c(c3)OCCO4)n2)cc1. The van der Waals surface area contributed by atoms with Crippen molar-refractivity contribution >= 4 is 0 Å². The summed E-state index contributed by atoms with van der Waals surface area (Å²) in [7, 11) is 0. The van der Waals surface area contributed by atoms with E-state index in [-0.39, 0.29) is 0 Å². The Balaban J connectivity index is 1.33. The average molecular weight is 377 g/mol. The molecule has 6 heteroatoms. The van der Waals surface area contributed by atoms with Crippen LogP contribution in [-0.2, 0) is 6.54 Å². The number of benzene rings is 2. The lowest BCUT2D eigenvalue weighted by Gasteiger charge is -2.25. The summed E-state index contributed by atoms with van der Waals surface area (Å²) in [6, 6.07) is 14.8. The first-order valence-electron chi connectivity index (χ1n) is 9.79. The van der Waals surface area contributed by atoms with E-state index in [4.69, 9.17) is 14.0 Å². The summed E-state index contributed by atoms with van der Waals surface area (Å²) in [5, 5.41) is 4.16. The van der Waals surface area contributed by atoms with E-state index in [1.54, 1.807) is 0 Å². The van der Waals surface area contributed by atoms with E-state index in [0.29, 0.717) is 37.5 Å². The molecule has 2 aliphatic rings. The van der Waals surface area contributed by atoms with Gasteiger partial charge in [-0.2, -0.15) is 4.98 Å². The molecule has 28 heavy (non-hydrogen) atoms. The zero-order valence-electron chi connectivity index (χ0n) is 15.9. The molecule has 0 saturated carbocycles. The Labute approximate surface area is 164 Å². The molecule has 6 nitrogen and oxygen atoms in total. The lowest BCUT2D eigenvalue weighted by Crippen LogP contribution is -2.23. The lowest BCUT2D eigenvalue weighted by molar-refractivity contribution is 0.170. The molecule has 2 aliphatic heterocycles. The van der Waals surface area contributed by atoms with Crippen LogP contribution in [0.4, 0.5) is 0 Å². The van der Waals surface area contributed by atoms with E-state index in [9.17, 15) is 0 Å². The van der Waals surface area contributed by atoms with Crippen molar-refractivity contribution < 1.29 is 14.0 Å². The van der Waals surface area contributed by atoms with Gasteiger partial charge in [0.25, 0.3) is 0 Å². The zero-order chi connectivity index (χ0) is 18.9. The molecule has 0 aliphatic carbocycles. The van der Waals surface area contributed by atoms with Crippen molar-refractivity contribution in [2.24, 2.45) is 0 Å². The highest BCUT2D eigenvalue weighted by Gasteiger charge is 2.29. The molecule has 0 bridgehead atoms. The van der Waals surface area contributed by atoms with Gasteiger partial charge in [-0.25, -0.2) is 0 Å². The number of aryl methyl sites for hydroxylation is 1. The van der Waals surface area contributed by atoms with Gasteiger partial charge >= 0.3 is 0 Å². The third-order valence-electron chi connectivity index (χ3n) is 5.43. The summed E-state index contributed by atoms with van der Waals surface area (Å²) in [4.78, 5) is 7.01. The van der Waals surface area contributed by atoms with Crippen molar-refractivity contribution in [3.05, 3.63) is 59.5 Å². The number of rotatable bonds is 4. The molecule has 5 rings (SSSR count). The van der Waals surface area contributed by atoms with Crippen LogP contribution in [0.2, 0.25) is 0 Å². The highest BCUT2D eigenvalue weighted by atomic mass is 16.6. The van der Waals surface area contributed by atoms with E-state index < -0.39 is 0 Å². The quantitative estimate of drug-likeness (QED) is 0.681. The van der Waals surface area contributed by atoms with E-state index in [1.165, 1.54) is 11.1 Å². The van der Waals surface area contributed by atoms with Crippen molar-refractivity contribution in [2.75, 3.05) is 19.8 Å². The van der Waals surface area contributed by atoms with Crippen LogP contribution in [0.5, 0.6) is 11.5 Å². The smallest absolute Gasteiger partial charge is 0.241 e. The molecule has 1 saturated heterocycles. The van der Waals surface area contributed by atoms with Crippen LogP contribution in [0.25, 0.3) is 11.4 Å². The monoisotopic (exact) mass is 377 g/mol. The summed E-state index contributed by atoms with van der Waals surface area (Å²) < 4.78 is 16.9. The molecule has 1 aromatic heterocycles. The van der Waals surface area contributed by atoms with Crippen LogP contribution >= 0.6 is 0 Å². The number of aromatic nitrogens is 2. The molecule has 0 amide bonds. The van der Waals surface area contributed by atoms with Gasteiger partial charge in [-0.05, 0) is 44.0 Å². The van der Waals surface area contributed by atoms with Crippen LogP contribution in [0.3, 0.4) is 0 Å². The van der Waals surface area contributed by atoms with E-state index >= 15 is 0 Å². The summed E-state index contributed by atoms with van der Waals surface area (Å²) >= 11 is 0. The predicted molar refractivity (Wildman–Crippen MR) is 104 cm³/mol. The minimum absolute atomic E-state index is 0.325. The predicted octanol–water partition coefficient (Wildman–Crippen LogP) is 4.15. The zero-order valence-corrected chi connectivity index (χ0v) is 15.9. The Hall–Kier alpha value is -2.86. The summed E-state index contributed by atoms with van der Waals surface area (Å²) in [5.41, 5.74) is 3.44. The topological polar surface area (TPSA) is 60.6 Å². The van der Waals surface area contributed by atoms with Crippen molar-refractivity contribution in [1.29, 1.82) is 0 Å². The molecule has 1 atom stereocenters. The maximum atomic E-state index is 5.75. The first-order chi connectivity index (χ1) is 13.8. The molecule has 1 fully saturated rings. The van der Waals surface area contributed by atoms with Gasteiger partial charge in [0.2, 0.25) is 11.7 Å². The Morgan fingerprint density at radius 2 is 1.86 bits per heavy atom. The normalized spacial score (nSPS) is 19.1. The van der Waals surface area contributed by atoms with Crippen molar-refractivity contribution in [3.8, 4) is 22.9 Å². The van der Waals surface area contributed by atoms with Gasteiger partial charge in [0.15, 0.2) is 11.5 Å². The Bertz CT molecular complexity index is 967. The number of ether oxygens (including phenoxy) is 2. The Morgan fingerprint density at radius 1 is 1.04 bits per heavy atom. The molecule has 3 aromatic rings. The third kappa shape index (κ3) is 3.36. The third-order valence-corrected chi connectivity index (χ3v) is 5.43. The number of hydrogen-bond donors (Lipinski definition) is 0. The second kappa shape index (κ2) is 7.28. The van der Waals surface area contributed by atoms with Crippen LogP contribution in [0.1, 0.15) is 35.9 Å². The Kier molecular flexibility index (Phi) is 4.49. The minimum Gasteiger partial charge on any atom is -0.486 e. The van der Waals surface area contributed by atoms with Crippen LogP contribution in [0, 0.1) is 6.92 Å². The molecule has 3 heterocycles. The highest BCUT2D eigenvalue weighted by Crippen LogP contribution is 2.38. The molecule has 2 aromatic carbocycles. The number of hydrogen-bond acceptors (Lipinski definition) is 6. The van der Waals surface area contributed by atoms with E-state index in [0.717, 1.165) is 36.4 Å². The van der Waals surface area contributed by atoms with Crippen LogP contribution in [-0.4, -0.2) is 34.8 Å². The van der Waals surface area contributed by atoms with E-state index in [2.05, 4.69) is 46.2 Å². The van der Waals surface area contributed by atoms with Gasteiger partial charge in [0, 0.05) is 11.6 Å². The average Bonchev–Trinajstić information content (AvgIpc) is 3.38. The van der Waals surface area contributed by atoms with Gasteiger partial charge in [0.05, 0.1) is 6.54 Å². The van der Waals surface area contributed by atoms with Gasteiger partial charge < -0.3 is 14.0 Å². The minimum atomic E-state index is 0.325. The number of likely N-dealkylation sites (tertiary alicyclic amines) is 1. The second-order valence-electron chi connectivity index (χ2n) is 7.41. The first-order valence-corrected chi connectivity index (χ1v) is 9.79. The molecule has 144 valence electrons. The van der Waals surface area contributed by atoms with Crippen molar-refractivity contribution in [2.45, 2.75) is 32.4 Å². The van der Waals surface area contributed by atoms with E-state index in [1.807, 2.05) is 18.2 Å². The molecule has 0 spiro atoms. The Morgan fingerprint density at radius 3 is 2.71 bits per heavy atom. The fraction of sp³-hybridized carbons (Fsp3) is 0.364. The molecule has 0 radical (unpaired) electrons. The van der Waals surface area contributed by atoms with Gasteiger partial charge in [0.1, 0.15) is 13.2 Å². The lowest BCUT2D eigenvalue weighted by atomic mass is 10.0. The number of nitrogens with zero attached hydrogens (tertiary/aromatic N) is 3. The van der Waals surface area contributed by atoms with Crippen LogP contribution < -0.4 is 9.47 Å². The largest absolute Gasteiger partial charge is 0.486 e. The number of fused-ring (bicyclic) bond motifs is 1. The summed E-state index contributed by atoms with van der Waals surface area (Å²) in [6.45, 7) is 4.95. The fourth-order valence-corrected chi connectivity index (χ4v) is 3.97. The molecular formula is C22H23N3O3. The van der Waals surface area contributed by atoms with Gasteiger partial charge in [-0.15, -0.1) is 0 Å². The highest BCUT2D eigenvalue weighted by molar-refractivity contribution is 5.54. The molecule has 0 unspecified atom stereocenters. The maximum absolute atomic E-state index is 5.75. The molecule has 0 N–H and O–H groups in total. The first kappa shape index (κ1) is 17.3. The standard InChI is InChI=1S/C22H23N3O3/c1-15-4-6-16(7-5-15)22-23-21(28-24-22)14-25-10-2-3-18(25)17-8-9-19-20(13-17)27-12-11-26-19/h4-9,13,18H,2-3,10-12,14H2,1H3/t18-/m0/s1. The van der Waals surface area contributed by atoms with Crippen molar-refractivity contribution in [1.82, 2.24) is 15.0 Å². The van der Waals surface area contributed by atoms with Gasteiger partial charge in [-0.1, -0.05) is 41.1 Å². The summed E-state index contributed by atoms with van der Waals surface area (Å²) in [5.74, 6) is 2.97. The fourth-order valence-electron chi connectivity index (χ4n) is 3.97. The maximum Gasteiger partial charge on any atom is 0.241 e. The second-order valence-corrected chi connectivity index (χ2v) is 7.41. The summed E-state index contributed by atoms with van der Waals surface area (Å²) in [6.07, 6.45) is 2.26.